The summed E-state index contributed by atoms with van der Waals surface area (Å²) in [6, 6.07) is 11.5. The highest BCUT2D eigenvalue weighted by molar-refractivity contribution is 5.88. The molecule has 2 heterocycles. The van der Waals surface area contributed by atoms with Gasteiger partial charge in [-0.2, -0.15) is 5.10 Å². The standard InChI is InChI=1S/C18H24N6O2/c1-12-11-16(25)22-17(20-12)24-15(10-13(2)23-24)21-18(26)19-9-8-14-6-4-3-5-7-14/h3-7,10,12,17,20H,8-9,11H2,1-2H3,(H,22,25)(H2,19,21,26). The Labute approximate surface area is 152 Å². The molecule has 8 heteroatoms. The molecule has 0 radical (unpaired) electrons. The molecule has 0 bridgehead atoms. The summed E-state index contributed by atoms with van der Waals surface area (Å²) >= 11 is 0. The third kappa shape index (κ3) is 4.60. The Balaban J connectivity index is 1.59. The van der Waals surface area contributed by atoms with Crippen LogP contribution in [-0.2, 0) is 11.2 Å². The molecule has 0 saturated carbocycles. The molecule has 1 aliphatic rings. The number of hydrogen-bond acceptors (Lipinski definition) is 4. The quantitative estimate of drug-likeness (QED) is 0.652. The fraction of sp³-hybridized carbons (Fsp3) is 0.389. The molecule has 1 fully saturated rings. The molecule has 1 aromatic heterocycles. The minimum absolute atomic E-state index is 0.0332. The van der Waals surface area contributed by atoms with Gasteiger partial charge in [0.05, 0.1) is 5.69 Å². The van der Waals surface area contributed by atoms with Gasteiger partial charge in [0, 0.05) is 25.1 Å². The van der Waals surface area contributed by atoms with Crippen molar-refractivity contribution < 1.29 is 9.59 Å². The normalized spacial score (nSPS) is 19.7. The molecular weight excluding hydrogens is 332 g/mol. The van der Waals surface area contributed by atoms with Crippen molar-refractivity contribution in [3.63, 3.8) is 0 Å². The average molecular weight is 356 g/mol. The molecule has 0 spiro atoms. The highest BCUT2D eigenvalue weighted by Crippen LogP contribution is 2.17. The van der Waals surface area contributed by atoms with Crippen LogP contribution in [0.15, 0.2) is 36.4 Å². The van der Waals surface area contributed by atoms with Gasteiger partial charge in [0.2, 0.25) is 5.91 Å². The Kier molecular flexibility index (Phi) is 5.52. The van der Waals surface area contributed by atoms with Gasteiger partial charge in [-0.3, -0.25) is 15.4 Å². The van der Waals surface area contributed by atoms with Crippen molar-refractivity contribution in [2.24, 2.45) is 0 Å². The molecule has 2 atom stereocenters. The van der Waals surface area contributed by atoms with E-state index in [0.29, 0.717) is 18.8 Å². The summed E-state index contributed by atoms with van der Waals surface area (Å²) in [5.41, 5.74) is 1.91. The highest BCUT2D eigenvalue weighted by atomic mass is 16.2. The number of aryl methyl sites for hydroxylation is 1. The molecule has 26 heavy (non-hydrogen) atoms. The lowest BCUT2D eigenvalue weighted by Gasteiger charge is -2.30. The Hall–Kier alpha value is -2.87. The molecule has 1 aromatic carbocycles. The van der Waals surface area contributed by atoms with Crippen LogP contribution in [0.1, 0.15) is 30.9 Å². The van der Waals surface area contributed by atoms with Gasteiger partial charge in [0.15, 0.2) is 6.29 Å². The lowest BCUT2D eigenvalue weighted by atomic mass is 10.1. The van der Waals surface area contributed by atoms with Gasteiger partial charge < -0.3 is 10.6 Å². The van der Waals surface area contributed by atoms with Gasteiger partial charge in [0.1, 0.15) is 5.82 Å². The van der Waals surface area contributed by atoms with Gasteiger partial charge >= 0.3 is 6.03 Å². The summed E-state index contributed by atoms with van der Waals surface area (Å²) in [5.74, 6) is 0.472. The molecule has 0 aliphatic carbocycles. The van der Waals surface area contributed by atoms with Gasteiger partial charge in [-0.1, -0.05) is 30.3 Å². The van der Waals surface area contributed by atoms with Crippen LogP contribution >= 0.6 is 0 Å². The maximum absolute atomic E-state index is 12.2. The van der Waals surface area contributed by atoms with Crippen LogP contribution < -0.4 is 21.3 Å². The van der Waals surface area contributed by atoms with E-state index in [-0.39, 0.29) is 18.0 Å². The number of carbonyl (C=O) groups is 2. The predicted molar refractivity (Wildman–Crippen MR) is 98.5 cm³/mol. The zero-order valence-corrected chi connectivity index (χ0v) is 15.0. The third-order valence-corrected chi connectivity index (χ3v) is 4.12. The maximum Gasteiger partial charge on any atom is 0.320 e. The summed E-state index contributed by atoms with van der Waals surface area (Å²) in [7, 11) is 0. The van der Waals surface area contributed by atoms with E-state index in [4.69, 9.17) is 0 Å². The number of amides is 3. The molecule has 1 saturated heterocycles. The smallest absolute Gasteiger partial charge is 0.320 e. The van der Waals surface area contributed by atoms with Gasteiger partial charge in [-0.05, 0) is 25.8 Å². The van der Waals surface area contributed by atoms with Crippen LogP contribution in [0, 0.1) is 6.92 Å². The van der Waals surface area contributed by atoms with Crippen molar-refractivity contribution in [3.8, 4) is 0 Å². The van der Waals surface area contributed by atoms with E-state index >= 15 is 0 Å². The SMILES string of the molecule is Cc1cc(NC(=O)NCCc2ccccc2)n(C2NC(=O)CC(C)N2)n1. The van der Waals surface area contributed by atoms with Crippen LogP contribution in [0.3, 0.4) is 0 Å². The van der Waals surface area contributed by atoms with E-state index in [0.717, 1.165) is 17.7 Å². The molecule has 138 valence electrons. The zero-order valence-electron chi connectivity index (χ0n) is 15.0. The predicted octanol–water partition coefficient (Wildman–Crippen LogP) is 1.51. The van der Waals surface area contributed by atoms with Gasteiger partial charge in [-0.25, -0.2) is 9.48 Å². The van der Waals surface area contributed by atoms with Crippen LogP contribution in [0.25, 0.3) is 0 Å². The summed E-state index contributed by atoms with van der Waals surface area (Å²) in [6.07, 6.45) is 0.684. The number of anilines is 1. The van der Waals surface area contributed by atoms with Crippen LogP contribution in [0.5, 0.6) is 0 Å². The van der Waals surface area contributed by atoms with Crippen molar-refractivity contribution in [1.29, 1.82) is 0 Å². The Bertz CT molecular complexity index is 773. The van der Waals surface area contributed by atoms with E-state index in [2.05, 4.69) is 26.4 Å². The van der Waals surface area contributed by atoms with Crippen molar-refractivity contribution >= 4 is 17.8 Å². The molecule has 2 aromatic rings. The molecule has 3 amide bonds. The number of hydrogen-bond donors (Lipinski definition) is 4. The number of nitrogens with one attached hydrogen (secondary N) is 4. The van der Waals surface area contributed by atoms with Crippen molar-refractivity contribution in [1.82, 2.24) is 25.7 Å². The fourth-order valence-corrected chi connectivity index (χ4v) is 2.92. The monoisotopic (exact) mass is 356 g/mol. The number of nitrogens with zero attached hydrogens (tertiary/aromatic N) is 2. The number of benzene rings is 1. The zero-order chi connectivity index (χ0) is 18.5. The summed E-state index contributed by atoms with van der Waals surface area (Å²) in [6.45, 7) is 4.30. The second kappa shape index (κ2) is 8.01. The first-order valence-electron chi connectivity index (χ1n) is 8.71. The Morgan fingerprint density at radius 1 is 1.35 bits per heavy atom. The number of rotatable bonds is 5. The first kappa shape index (κ1) is 17.9. The summed E-state index contributed by atoms with van der Waals surface area (Å²) < 4.78 is 1.58. The largest absolute Gasteiger partial charge is 0.337 e. The van der Waals surface area contributed by atoms with Gasteiger partial charge in [-0.15, -0.1) is 0 Å². The number of urea groups is 1. The topological polar surface area (TPSA) is 100 Å². The van der Waals surface area contributed by atoms with E-state index in [1.165, 1.54) is 0 Å². The Morgan fingerprint density at radius 2 is 2.12 bits per heavy atom. The Morgan fingerprint density at radius 3 is 2.85 bits per heavy atom. The second-order valence-corrected chi connectivity index (χ2v) is 6.47. The molecule has 1 aliphatic heterocycles. The van der Waals surface area contributed by atoms with Crippen LogP contribution in [0.4, 0.5) is 10.6 Å². The fourth-order valence-electron chi connectivity index (χ4n) is 2.92. The highest BCUT2D eigenvalue weighted by Gasteiger charge is 2.26. The molecule has 4 N–H and O–H groups in total. The summed E-state index contributed by atoms with van der Waals surface area (Å²) in [4.78, 5) is 24.0. The van der Waals surface area contributed by atoms with E-state index in [1.807, 2.05) is 44.2 Å². The van der Waals surface area contributed by atoms with Crippen LogP contribution in [-0.4, -0.2) is 34.3 Å². The van der Waals surface area contributed by atoms with Crippen LogP contribution in [0.2, 0.25) is 0 Å². The van der Waals surface area contributed by atoms with E-state index in [9.17, 15) is 9.59 Å². The second-order valence-electron chi connectivity index (χ2n) is 6.47. The van der Waals surface area contributed by atoms with Crippen molar-refractivity contribution in [2.75, 3.05) is 11.9 Å². The minimum Gasteiger partial charge on any atom is -0.337 e. The van der Waals surface area contributed by atoms with Crippen molar-refractivity contribution in [2.45, 2.75) is 39.0 Å². The molecule has 8 nitrogen and oxygen atoms in total. The first-order chi connectivity index (χ1) is 12.5. The lowest BCUT2D eigenvalue weighted by molar-refractivity contribution is -0.125. The number of aromatic nitrogens is 2. The molecule has 3 rings (SSSR count). The number of carbonyl (C=O) groups excluding carboxylic acids is 2. The van der Waals surface area contributed by atoms with Gasteiger partial charge in [0.25, 0.3) is 0 Å². The maximum atomic E-state index is 12.2. The summed E-state index contributed by atoms with van der Waals surface area (Å²) in [5, 5.41) is 16.1. The third-order valence-electron chi connectivity index (χ3n) is 4.12. The first-order valence-corrected chi connectivity index (χ1v) is 8.71. The van der Waals surface area contributed by atoms with E-state index < -0.39 is 6.29 Å². The molecular formula is C18H24N6O2. The molecule has 2 unspecified atom stereocenters. The average Bonchev–Trinajstić information content (AvgIpc) is 2.95. The minimum atomic E-state index is -0.487. The van der Waals surface area contributed by atoms with Crippen molar-refractivity contribution in [3.05, 3.63) is 47.7 Å². The van der Waals surface area contributed by atoms with E-state index in [1.54, 1.807) is 10.7 Å². The lowest BCUT2D eigenvalue weighted by Crippen LogP contribution is -2.52.